The van der Waals surface area contributed by atoms with Gasteiger partial charge in [0.2, 0.25) is 0 Å². The highest BCUT2D eigenvalue weighted by molar-refractivity contribution is 5.31. The molecule has 0 saturated heterocycles. The Kier molecular flexibility index (Phi) is 5.09. The number of hydrogen-bond donors (Lipinski definition) is 2. The van der Waals surface area contributed by atoms with Gasteiger partial charge in [0.25, 0.3) is 0 Å². The molecule has 4 heteroatoms. The summed E-state index contributed by atoms with van der Waals surface area (Å²) in [6.07, 6.45) is 3.53. The zero-order valence-electron chi connectivity index (χ0n) is 12.0. The highest BCUT2D eigenvalue weighted by atomic mass is 16.5. The van der Waals surface area contributed by atoms with Gasteiger partial charge in [0.1, 0.15) is 5.75 Å². The van der Waals surface area contributed by atoms with Crippen molar-refractivity contribution in [3.63, 3.8) is 0 Å². The monoisotopic (exact) mass is 271 g/mol. The van der Waals surface area contributed by atoms with Crippen LogP contribution in [0.5, 0.6) is 5.75 Å². The van der Waals surface area contributed by atoms with E-state index in [1.807, 2.05) is 30.5 Å². The first-order chi connectivity index (χ1) is 9.78. The molecule has 1 aromatic heterocycles. The summed E-state index contributed by atoms with van der Waals surface area (Å²) >= 11 is 0. The van der Waals surface area contributed by atoms with Crippen LogP contribution < -0.4 is 16.0 Å². The second-order valence-corrected chi connectivity index (χ2v) is 4.68. The lowest BCUT2D eigenvalue weighted by atomic mass is 9.99. The minimum absolute atomic E-state index is 0.00161. The molecule has 0 amide bonds. The number of benzene rings is 1. The van der Waals surface area contributed by atoms with E-state index in [-0.39, 0.29) is 6.04 Å². The fourth-order valence-electron chi connectivity index (χ4n) is 2.33. The van der Waals surface area contributed by atoms with Gasteiger partial charge in [-0.3, -0.25) is 16.3 Å². The van der Waals surface area contributed by atoms with Crippen LogP contribution in [0, 0.1) is 0 Å². The van der Waals surface area contributed by atoms with E-state index in [0.717, 1.165) is 24.3 Å². The number of pyridine rings is 1. The van der Waals surface area contributed by atoms with Crippen molar-refractivity contribution in [1.82, 2.24) is 10.4 Å². The Morgan fingerprint density at radius 1 is 1.30 bits per heavy atom. The molecule has 0 bridgehead atoms. The van der Waals surface area contributed by atoms with Crippen molar-refractivity contribution in [2.75, 3.05) is 7.11 Å². The minimum Gasteiger partial charge on any atom is -0.497 e. The first-order valence-corrected chi connectivity index (χ1v) is 6.81. The van der Waals surface area contributed by atoms with Gasteiger partial charge in [0.15, 0.2) is 0 Å². The largest absolute Gasteiger partial charge is 0.497 e. The summed E-state index contributed by atoms with van der Waals surface area (Å²) in [5.74, 6) is 6.58. The highest BCUT2D eigenvalue weighted by Crippen LogP contribution is 2.22. The minimum atomic E-state index is -0.00161. The van der Waals surface area contributed by atoms with Crippen LogP contribution in [0.15, 0.2) is 42.6 Å². The topological polar surface area (TPSA) is 60.2 Å². The first kappa shape index (κ1) is 14.5. The quantitative estimate of drug-likeness (QED) is 0.625. The van der Waals surface area contributed by atoms with Crippen LogP contribution in [-0.2, 0) is 12.8 Å². The van der Waals surface area contributed by atoms with Crippen molar-refractivity contribution < 1.29 is 4.74 Å². The summed E-state index contributed by atoms with van der Waals surface area (Å²) in [6, 6.07) is 12.1. The molecule has 3 N–H and O–H groups in total. The molecule has 106 valence electrons. The third-order valence-electron chi connectivity index (χ3n) is 3.41. The lowest BCUT2D eigenvalue weighted by Crippen LogP contribution is -2.31. The smallest absolute Gasteiger partial charge is 0.119 e. The Balaban J connectivity index is 2.24. The van der Waals surface area contributed by atoms with Gasteiger partial charge in [0, 0.05) is 6.20 Å². The van der Waals surface area contributed by atoms with Gasteiger partial charge in [-0.15, -0.1) is 0 Å². The van der Waals surface area contributed by atoms with Crippen LogP contribution in [0.2, 0.25) is 0 Å². The molecule has 0 aliphatic carbocycles. The number of rotatable bonds is 6. The summed E-state index contributed by atoms with van der Waals surface area (Å²) in [5, 5.41) is 0. The van der Waals surface area contributed by atoms with Gasteiger partial charge in [-0.25, -0.2) is 0 Å². The van der Waals surface area contributed by atoms with E-state index in [2.05, 4.69) is 29.5 Å². The summed E-state index contributed by atoms with van der Waals surface area (Å²) < 4.78 is 5.25. The van der Waals surface area contributed by atoms with E-state index >= 15 is 0 Å². The number of methoxy groups -OCH3 is 1. The molecule has 4 nitrogen and oxygen atoms in total. The van der Waals surface area contributed by atoms with Crippen LogP contribution in [0.1, 0.15) is 29.8 Å². The molecule has 0 fully saturated rings. The van der Waals surface area contributed by atoms with Crippen molar-refractivity contribution in [2.45, 2.75) is 25.8 Å². The molecule has 1 unspecified atom stereocenters. The van der Waals surface area contributed by atoms with Crippen molar-refractivity contribution in [1.29, 1.82) is 0 Å². The molecule has 1 aromatic carbocycles. The molecule has 2 aromatic rings. The molecule has 0 aliphatic rings. The number of ether oxygens (including phenoxy) is 1. The number of nitrogens with zero attached hydrogens (tertiary/aromatic N) is 1. The molecule has 0 spiro atoms. The molecule has 20 heavy (non-hydrogen) atoms. The number of nitrogens with one attached hydrogen (secondary N) is 1. The number of hydrazine groups is 1. The van der Waals surface area contributed by atoms with E-state index < -0.39 is 0 Å². The maximum Gasteiger partial charge on any atom is 0.119 e. The molecule has 0 aliphatic heterocycles. The highest BCUT2D eigenvalue weighted by Gasteiger charge is 2.15. The van der Waals surface area contributed by atoms with Crippen LogP contribution in [-0.4, -0.2) is 12.1 Å². The number of aromatic nitrogens is 1. The molecular weight excluding hydrogens is 250 g/mol. The maximum absolute atomic E-state index is 5.73. The molecule has 0 radical (unpaired) electrons. The Bertz CT molecular complexity index is 557. The first-order valence-electron chi connectivity index (χ1n) is 6.81. The number of nitrogens with two attached hydrogens (primary N) is 1. The van der Waals surface area contributed by atoms with Gasteiger partial charge >= 0.3 is 0 Å². The summed E-state index contributed by atoms with van der Waals surface area (Å²) in [7, 11) is 1.67. The van der Waals surface area contributed by atoms with E-state index in [1.165, 1.54) is 11.1 Å². The Hall–Kier alpha value is -1.91. The molecular formula is C16H21N3O. The van der Waals surface area contributed by atoms with Crippen molar-refractivity contribution >= 4 is 0 Å². The van der Waals surface area contributed by atoms with Gasteiger partial charge in [-0.05, 0) is 42.2 Å². The normalized spacial score (nSPS) is 12.2. The van der Waals surface area contributed by atoms with Crippen molar-refractivity contribution in [3.8, 4) is 5.75 Å². The fraction of sp³-hybridized carbons (Fsp3) is 0.312. The van der Waals surface area contributed by atoms with Gasteiger partial charge < -0.3 is 4.74 Å². The van der Waals surface area contributed by atoms with Crippen molar-refractivity contribution in [2.24, 2.45) is 5.84 Å². The van der Waals surface area contributed by atoms with Crippen LogP contribution in [0.3, 0.4) is 0 Å². The third kappa shape index (κ3) is 3.35. The maximum atomic E-state index is 5.73. The lowest BCUT2D eigenvalue weighted by molar-refractivity contribution is 0.413. The summed E-state index contributed by atoms with van der Waals surface area (Å²) in [5.41, 5.74) is 6.28. The number of aryl methyl sites for hydroxylation is 1. The SMILES string of the molecule is CCc1cccnc1C(Cc1cccc(OC)c1)NN. The third-order valence-corrected chi connectivity index (χ3v) is 3.41. The molecule has 1 atom stereocenters. The van der Waals surface area contributed by atoms with Crippen LogP contribution in [0.4, 0.5) is 0 Å². The average molecular weight is 271 g/mol. The predicted octanol–water partition coefficient (Wildman–Crippen LogP) is 2.40. The summed E-state index contributed by atoms with van der Waals surface area (Å²) in [6.45, 7) is 2.12. The molecule has 2 rings (SSSR count). The molecule has 0 saturated carbocycles. The zero-order valence-corrected chi connectivity index (χ0v) is 12.0. The average Bonchev–Trinajstić information content (AvgIpc) is 2.52. The Morgan fingerprint density at radius 2 is 2.15 bits per heavy atom. The van der Waals surface area contributed by atoms with E-state index in [1.54, 1.807) is 7.11 Å². The summed E-state index contributed by atoms with van der Waals surface area (Å²) in [4.78, 5) is 4.49. The van der Waals surface area contributed by atoms with Crippen LogP contribution in [0.25, 0.3) is 0 Å². The van der Waals surface area contributed by atoms with E-state index in [0.29, 0.717) is 0 Å². The van der Waals surface area contributed by atoms with E-state index in [9.17, 15) is 0 Å². The fourth-order valence-corrected chi connectivity index (χ4v) is 2.33. The number of hydrogen-bond acceptors (Lipinski definition) is 4. The van der Waals surface area contributed by atoms with E-state index in [4.69, 9.17) is 10.6 Å². The second kappa shape index (κ2) is 7.03. The van der Waals surface area contributed by atoms with Gasteiger partial charge in [-0.1, -0.05) is 25.1 Å². The Morgan fingerprint density at radius 3 is 2.85 bits per heavy atom. The second-order valence-electron chi connectivity index (χ2n) is 4.68. The van der Waals surface area contributed by atoms with Crippen LogP contribution >= 0.6 is 0 Å². The zero-order chi connectivity index (χ0) is 14.4. The molecule has 1 heterocycles. The van der Waals surface area contributed by atoms with Crippen molar-refractivity contribution in [3.05, 3.63) is 59.4 Å². The predicted molar refractivity (Wildman–Crippen MR) is 80.4 cm³/mol. The Labute approximate surface area is 120 Å². The van der Waals surface area contributed by atoms with Gasteiger partial charge in [-0.2, -0.15) is 0 Å². The van der Waals surface area contributed by atoms with Gasteiger partial charge in [0.05, 0.1) is 18.8 Å². The lowest BCUT2D eigenvalue weighted by Gasteiger charge is -2.18. The standard InChI is InChI=1S/C16H21N3O/c1-3-13-7-5-9-18-16(13)15(19-17)11-12-6-4-8-14(10-12)20-2/h4-10,15,19H,3,11,17H2,1-2H3.